The number of nitrogens with zero attached hydrogens (tertiary/aromatic N) is 3. The Bertz CT molecular complexity index is 3160. The number of pyridine rings is 2. The lowest BCUT2D eigenvalue weighted by molar-refractivity contribution is -0.150. The number of Topliss-reactive ketones (excluding diaryl/α,β-unsaturated/α-hetero) is 1. The largest absolute Gasteiger partial charge is 0.508 e. The van der Waals surface area contributed by atoms with Crippen molar-refractivity contribution in [2.75, 3.05) is 24.7 Å². The molecule has 0 radical (unpaired) electrons. The first-order chi connectivity index (χ1) is 49.9. The molecule has 5 N–H and O–H groups in total. The number of fused-ring (bicyclic) bond motifs is 1. The van der Waals surface area contributed by atoms with Crippen molar-refractivity contribution in [2.45, 2.75) is 333 Å². The highest BCUT2D eigenvalue weighted by atomic mass is 35.5. The number of ketones is 1. The number of amides is 1. The number of thiazole rings is 1. The topological polar surface area (TPSA) is 240 Å². The van der Waals surface area contributed by atoms with E-state index in [0.29, 0.717) is 30.6 Å². The fraction of sp³-hybridized carbons (Fsp3) is 0.784. The molecule has 16 atom stereocenters. The minimum atomic E-state index is -1.18. The molecule has 3 aromatic heterocycles. The zero-order chi connectivity index (χ0) is 85.5. The van der Waals surface area contributed by atoms with Gasteiger partial charge < -0.3 is 44.7 Å². The summed E-state index contributed by atoms with van der Waals surface area (Å²) in [6.07, 6.45) is 5.73. The summed E-state index contributed by atoms with van der Waals surface area (Å²) in [4.78, 5) is 63.5. The smallest absolute Gasteiger partial charge is 0.450 e. The Morgan fingerprint density at radius 3 is 1.49 bits per heavy atom. The molecule has 2 aliphatic heterocycles. The van der Waals surface area contributed by atoms with Crippen LogP contribution in [0.5, 0.6) is 0 Å². The van der Waals surface area contributed by atoms with Crippen LogP contribution < -0.4 is 5.32 Å². The Balaban J connectivity index is 0.000000752. The van der Waals surface area contributed by atoms with Gasteiger partial charge >= 0.3 is 11.6 Å². The van der Waals surface area contributed by atoms with E-state index in [1.54, 1.807) is 80.8 Å². The molecule has 2 fully saturated rings. The van der Waals surface area contributed by atoms with Gasteiger partial charge in [0.2, 0.25) is 5.91 Å². The highest BCUT2D eigenvalue weighted by molar-refractivity contribution is 8.77. The van der Waals surface area contributed by atoms with Crippen molar-refractivity contribution in [3.8, 4) is 0 Å². The number of nitrogens with one attached hydrogen (secondary N) is 1. The Morgan fingerprint density at radius 2 is 1.10 bits per heavy atom. The second kappa shape index (κ2) is 45.1. The molecular formula is C88H153ClN4O12S5. The minimum Gasteiger partial charge on any atom is -0.450 e. The molecule has 6 unspecified atom stereocenters. The minimum absolute atomic E-state index is 0.00194. The van der Waals surface area contributed by atoms with Gasteiger partial charge in [-0.15, -0.1) is 11.3 Å². The Labute approximate surface area is 693 Å². The van der Waals surface area contributed by atoms with Gasteiger partial charge in [0.25, 0.3) is 0 Å². The predicted octanol–water partition coefficient (Wildman–Crippen LogP) is 23.4. The standard InChI is InChI=1S/C33H54N2O5S.C21H35NO3S2.C14H27ClO2.C13H28O.C7H9NOS2/c1-19(15-23-18-41-22(4)34-23)24-16-26-33(11,40-26)14-12-13-30(5,6)20(2)28(38)21(3)31(7,8)29(39)32(9,10)25(36)17-27(37)35-24;1-15(20(3,4)5)18(16(2)21(6,7)8)25-19(23)24-13-14-26-27-17-11-9-10-12-22-17;1-9(13(3,4)5)11(17-12(15)16)10(2)14(6,7)8;1-9(12(3,4)5)11(14)10(2)13(6,7)8;9-5-6-10-11-7-3-1-2-4-8-7/h15,18,20-21,24-26,28,36,38H,12-14,16-17H2,1-11H3,(H,35,37);9-12,15-16,18H,13-14H2,1-8H3;9-11H,1-8H3;9-11,14H,1-8H3;1-4,9H,5-6H2/b19-15+;;;;/t20-,21-,24+,25+,26+,28+,33-;15-,16?,18?;2*9-,10?,11?;/m1111./s1. The van der Waals surface area contributed by atoms with Crippen molar-refractivity contribution in [2.24, 2.45) is 96.1 Å². The van der Waals surface area contributed by atoms with Gasteiger partial charge in [0.15, 0.2) is 0 Å². The molecule has 5 heterocycles. The quantitative estimate of drug-likeness (QED) is 0.0246. The van der Waals surface area contributed by atoms with E-state index in [0.717, 1.165) is 51.3 Å². The van der Waals surface area contributed by atoms with Crippen LogP contribution in [0, 0.1) is 103 Å². The van der Waals surface area contributed by atoms with Crippen LogP contribution in [-0.2, 0) is 28.5 Å². The molecule has 634 valence electrons. The number of ether oxygens (including phenoxy) is 4. The second-order valence-electron chi connectivity index (χ2n) is 39.6. The first-order valence-corrected chi connectivity index (χ1v) is 45.7. The average Bonchev–Trinajstić information content (AvgIpc) is 1.52. The molecule has 110 heavy (non-hydrogen) atoms. The third-order valence-corrected chi connectivity index (χ3v) is 29.8. The van der Waals surface area contributed by atoms with Crippen molar-refractivity contribution in [3.63, 3.8) is 0 Å². The molecular weight excluding hydrogens is 1500 g/mol. The molecule has 0 aromatic carbocycles. The summed E-state index contributed by atoms with van der Waals surface area (Å²) < 4.78 is 22.7. The van der Waals surface area contributed by atoms with Crippen LogP contribution in [0.3, 0.4) is 0 Å². The molecule has 22 heteroatoms. The SMILES string of the molecule is C/C(=C\c1csc(C)n1)[C@@H]1C[C@@H]2O[C@]2(C)CCCC(C)(C)[C@H](C)[C@H](O)[C@@H](C)C(C)(C)C(=O)C(C)(C)[C@@H](O)CC(=O)N1.CC(C(O)[C@@H](C)C(C)(C)C)C(C)(C)C.CC(C(OC(=O)Cl)[C@@H](C)C(C)(C)C)C(C)(C)C.CC(C(OC(=O)OCCSSc1ccccn1)[C@@H](C)C(C)(C)C)C(C)(C)C.OCCSSc1ccccn1. The first kappa shape index (κ1) is 105. The summed E-state index contributed by atoms with van der Waals surface area (Å²) in [5.41, 5.74) is -0.768. The normalized spacial score (nSPS) is 24.1. The fourth-order valence-corrected chi connectivity index (χ4v) is 16.7. The van der Waals surface area contributed by atoms with Crippen molar-refractivity contribution < 1.29 is 58.6 Å². The van der Waals surface area contributed by atoms with Crippen LogP contribution in [-0.4, -0.2) is 132 Å². The lowest BCUT2D eigenvalue weighted by Crippen LogP contribution is -2.52. The number of rotatable bonds is 19. The average molecular weight is 1650 g/mol. The molecule has 2 saturated heterocycles. The molecule has 3 aromatic rings. The number of hydrogen-bond donors (Lipinski definition) is 5. The summed E-state index contributed by atoms with van der Waals surface area (Å²) in [5.74, 6) is 2.17. The highest BCUT2D eigenvalue weighted by Crippen LogP contribution is 2.49. The molecule has 0 bridgehead atoms. The number of carbonyl (C=O) groups excluding carboxylic acids is 4. The van der Waals surface area contributed by atoms with Crippen LogP contribution in [0.4, 0.5) is 9.59 Å². The van der Waals surface area contributed by atoms with Gasteiger partial charge in [0.1, 0.15) is 34.6 Å². The van der Waals surface area contributed by atoms with E-state index in [1.165, 1.54) is 0 Å². The third-order valence-electron chi connectivity index (χ3n) is 24.4. The number of aliphatic hydroxyl groups is 4. The second-order valence-corrected chi connectivity index (χ2v) is 45.9. The van der Waals surface area contributed by atoms with E-state index in [9.17, 15) is 34.5 Å². The molecule has 2 aliphatic rings. The summed E-state index contributed by atoms with van der Waals surface area (Å²) in [7, 11) is 6.39. The monoisotopic (exact) mass is 1650 g/mol. The summed E-state index contributed by atoms with van der Waals surface area (Å²) in [6, 6.07) is 11.3. The Hall–Kier alpha value is -2.96. The van der Waals surface area contributed by atoms with E-state index >= 15 is 0 Å². The molecule has 5 rings (SSSR count). The van der Waals surface area contributed by atoms with E-state index in [-0.39, 0.29) is 134 Å². The van der Waals surface area contributed by atoms with Gasteiger partial charge in [-0.05, 0) is 183 Å². The van der Waals surface area contributed by atoms with Gasteiger partial charge in [-0.2, -0.15) is 0 Å². The van der Waals surface area contributed by atoms with Crippen LogP contribution in [0.1, 0.15) is 278 Å². The van der Waals surface area contributed by atoms with Gasteiger partial charge in [-0.3, -0.25) is 9.59 Å². The molecule has 0 aliphatic carbocycles. The lowest BCUT2D eigenvalue weighted by atomic mass is 9.60. The highest BCUT2D eigenvalue weighted by Gasteiger charge is 2.54. The lowest BCUT2D eigenvalue weighted by Gasteiger charge is -2.45. The van der Waals surface area contributed by atoms with Crippen LogP contribution in [0.25, 0.3) is 6.08 Å². The summed E-state index contributed by atoms with van der Waals surface area (Å²) in [6.45, 7) is 74.2. The molecule has 1 amide bonds. The number of epoxide rings is 1. The number of aliphatic hydroxyl groups excluding tert-OH is 4. The Morgan fingerprint density at radius 1 is 0.664 bits per heavy atom. The third kappa shape index (κ3) is 35.9. The zero-order valence-corrected chi connectivity index (χ0v) is 79.5. The van der Waals surface area contributed by atoms with Gasteiger partial charge in [0.05, 0.1) is 65.2 Å². The number of aromatic nitrogens is 3. The predicted molar refractivity (Wildman–Crippen MR) is 468 cm³/mol. The molecule has 16 nitrogen and oxygen atoms in total. The van der Waals surface area contributed by atoms with Crippen LogP contribution >= 0.6 is 66.1 Å². The van der Waals surface area contributed by atoms with Crippen molar-refractivity contribution in [1.82, 2.24) is 20.3 Å². The van der Waals surface area contributed by atoms with E-state index in [2.05, 4.69) is 214 Å². The summed E-state index contributed by atoms with van der Waals surface area (Å²) >= 11 is 6.98. The Kier molecular flexibility index (Phi) is 43.1. The van der Waals surface area contributed by atoms with Crippen molar-refractivity contribution in [3.05, 3.63) is 70.4 Å². The maximum absolute atomic E-state index is 14.0. The van der Waals surface area contributed by atoms with Gasteiger partial charge in [-0.25, -0.2) is 24.5 Å². The molecule has 0 spiro atoms. The fourth-order valence-electron chi connectivity index (χ4n) is 12.6. The first-order valence-electron chi connectivity index (χ1n) is 39.8. The van der Waals surface area contributed by atoms with Crippen LogP contribution in [0.15, 0.2) is 69.8 Å². The van der Waals surface area contributed by atoms with Crippen LogP contribution in [0.2, 0.25) is 0 Å². The summed E-state index contributed by atoms with van der Waals surface area (Å²) in [5, 5.41) is 49.6. The van der Waals surface area contributed by atoms with Gasteiger partial charge in [0, 0.05) is 52.7 Å². The van der Waals surface area contributed by atoms with Crippen molar-refractivity contribution in [1.29, 1.82) is 0 Å². The number of hydrogen-bond acceptors (Lipinski definition) is 20. The molecule has 0 saturated carbocycles. The van der Waals surface area contributed by atoms with E-state index in [1.807, 2.05) is 82.5 Å². The maximum atomic E-state index is 14.0. The van der Waals surface area contributed by atoms with Crippen molar-refractivity contribution >= 4 is 95.5 Å². The van der Waals surface area contributed by atoms with Gasteiger partial charge in [-0.1, -0.05) is 255 Å². The van der Waals surface area contributed by atoms with E-state index in [4.69, 9.17) is 35.7 Å². The number of carbonyl (C=O) groups is 4. The van der Waals surface area contributed by atoms with E-state index < -0.39 is 34.6 Å². The zero-order valence-electron chi connectivity index (χ0n) is 74.6. The number of halogens is 1. The number of aryl methyl sites for hydroxylation is 1. The maximum Gasteiger partial charge on any atom is 0.508 e.